The van der Waals surface area contributed by atoms with Gasteiger partial charge in [-0.05, 0) is 48.5 Å². The number of likely N-dealkylation sites (N-methyl/N-ethyl adjacent to an activating group) is 1. The summed E-state index contributed by atoms with van der Waals surface area (Å²) in [5, 5.41) is 0. The molecule has 3 rings (SSSR count). The fourth-order valence-electron chi connectivity index (χ4n) is 3.65. The van der Waals surface area contributed by atoms with E-state index in [1.54, 1.807) is 0 Å². The Kier molecular flexibility index (Phi) is 8.65. The lowest BCUT2D eigenvalue weighted by molar-refractivity contribution is -0.869. The molecule has 0 aliphatic carbocycles. The predicted octanol–water partition coefficient (Wildman–Crippen LogP) is -0.810. The molecule has 4 N–H and O–H groups in total. The van der Waals surface area contributed by atoms with Gasteiger partial charge in [-0.1, -0.05) is 0 Å². The number of nitrogens with zero attached hydrogens (tertiary/aromatic N) is 4. The fourth-order valence-corrected chi connectivity index (χ4v) is 3.65. The summed E-state index contributed by atoms with van der Waals surface area (Å²) in [4.78, 5) is 7.56. The molecule has 1 aliphatic rings. The van der Waals surface area contributed by atoms with E-state index in [1.165, 1.54) is 11.4 Å². The molecule has 0 radical (unpaired) electrons. The first-order valence-electron chi connectivity index (χ1n) is 10.5. The maximum absolute atomic E-state index is 5.90. The highest BCUT2D eigenvalue weighted by Gasteiger charge is 2.19. The Bertz CT molecular complexity index is 699. The Morgan fingerprint density at radius 2 is 1.03 bits per heavy atom. The van der Waals surface area contributed by atoms with Crippen LogP contribution in [0.25, 0.3) is 0 Å². The van der Waals surface area contributed by atoms with Crippen LogP contribution in [0, 0.1) is 0 Å². The first-order valence-corrected chi connectivity index (χ1v) is 10.5. The van der Waals surface area contributed by atoms with Crippen molar-refractivity contribution >= 4 is 22.7 Å². The third-order valence-corrected chi connectivity index (χ3v) is 5.62. The molecule has 0 unspecified atom stereocenters. The van der Waals surface area contributed by atoms with Crippen LogP contribution >= 0.6 is 0 Å². The van der Waals surface area contributed by atoms with E-state index < -0.39 is 0 Å². The van der Waals surface area contributed by atoms with Gasteiger partial charge >= 0.3 is 0 Å². The Labute approximate surface area is 188 Å². The van der Waals surface area contributed by atoms with Crippen molar-refractivity contribution < 1.29 is 16.9 Å². The van der Waals surface area contributed by atoms with Crippen LogP contribution in [0.2, 0.25) is 0 Å². The lowest BCUT2D eigenvalue weighted by atomic mass is 10.2. The van der Waals surface area contributed by atoms with Crippen molar-refractivity contribution in [1.82, 2.24) is 4.90 Å². The van der Waals surface area contributed by atoms with Gasteiger partial charge in [-0.2, -0.15) is 0 Å². The van der Waals surface area contributed by atoms with Gasteiger partial charge in [0.2, 0.25) is 0 Å². The first kappa shape index (κ1) is 24.1. The van der Waals surface area contributed by atoms with Gasteiger partial charge in [0.05, 0.1) is 27.7 Å². The summed E-state index contributed by atoms with van der Waals surface area (Å²) in [6, 6.07) is 16.5. The van der Waals surface area contributed by atoms with Crippen molar-refractivity contribution in [2.24, 2.45) is 0 Å². The van der Waals surface area contributed by atoms with E-state index in [4.69, 9.17) is 11.5 Å². The number of halogens is 1. The topological polar surface area (TPSA) is 61.8 Å². The van der Waals surface area contributed by atoms with E-state index in [-0.39, 0.29) is 12.4 Å². The van der Waals surface area contributed by atoms with Crippen molar-refractivity contribution in [1.29, 1.82) is 0 Å². The Morgan fingerprint density at radius 3 is 1.40 bits per heavy atom. The molecule has 1 aliphatic heterocycles. The Balaban J connectivity index is 0.00000320. The van der Waals surface area contributed by atoms with Gasteiger partial charge in [-0.3, -0.25) is 4.90 Å². The quantitative estimate of drug-likeness (QED) is 0.478. The highest BCUT2D eigenvalue weighted by atomic mass is 35.5. The Morgan fingerprint density at radius 1 is 0.667 bits per heavy atom. The van der Waals surface area contributed by atoms with E-state index in [9.17, 15) is 0 Å². The van der Waals surface area contributed by atoms with Crippen molar-refractivity contribution in [3.8, 4) is 0 Å². The number of quaternary nitrogens is 1. The molecule has 0 bridgehead atoms. The zero-order valence-corrected chi connectivity index (χ0v) is 19.4. The molecule has 1 heterocycles. The summed E-state index contributed by atoms with van der Waals surface area (Å²) in [7, 11) is 6.78. The second-order valence-corrected chi connectivity index (χ2v) is 9.01. The highest BCUT2D eigenvalue weighted by Crippen LogP contribution is 2.20. The minimum Gasteiger partial charge on any atom is -1.00 e. The first-order chi connectivity index (χ1) is 13.8. The normalized spacial score (nSPS) is 16.4. The molecule has 0 amide bonds. The number of hydrogen-bond donors (Lipinski definition) is 2. The van der Waals surface area contributed by atoms with Gasteiger partial charge in [0, 0.05) is 68.6 Å². The van der Waals surface area contributed by atoms with E-state index >= 15 is 0 Å². The van der Waals surface area contributed by atoms with Crippen molar-refractivity contribution in [2.75, 3.05) is 94.8 Å². The van der Waals surface area contributed by atoms with Crippen LogP contribution in [0.5, 0.6) is 0 Å². The van der Waals surface area contributed by atoms with Crippen LogP contribution in [0.1, 0.15) is 0 Å². The fraction of sp³-hybridized carbons (Fsp3) is 0.478. The van der Waals surface area contributed by atoms with Gasteiger partial charge in [0.15, 0.2) is 0 Å². The van der Waals surface area contributed by atoms with Crippen molar-refractivity contribution in [3.05, 3.63) is 48.5 Å². The molecule has 2 aromatic carbocycles. The maximum Gasteiger partial charge on any atom is 0.0909 e. The number of benzene rings is 2. The van der Waals surface area contributed by atoms with Gasteiger partial charge in [-0.25, -0.2) is 0 Å². The standard InChI is InChI=1S/C23H37N6.ClH/c1-29(2,3)19-18-26-12-14-27(22-8-4-20(24)5-9-22)16-17-28(15-13-26)23-10-6-21(25)7-11-23;/h4-11H,12-19,24-25H2,1-3H3;1H/q+1;/p-1. The molecule has 1 saturated heterocycles. The highest BCUT2D eigenvalue weighted by molar-refractivity contribution is 5.55. The van der Waals surface area contributed by atoms with Crippen LogP contribution in [0.4, 0.5) is 22.7 Å². The second kappa shape index (κ2) is 10.8. The van der Waals surface area contributed by atoms with Gasteiger partial charge in [0.1, 0.15) is 0 Å². The average Bonchev–Trinajstić information content (AvgIpc) is 2.78. The van der Waals surface area contributed by atoms with Crippen LogP contribution in [-0.2, 0) is 0 Å². The lowest BCUT2D eigenvalue weighted by Gasteiger charge is -2.30. The summed E-state index contributed by atoms with van der Waals surface area (Å²) < 4.78 is 0.986. The molecule has 166 valence electrons. The van der Waals surface area contributed by atoms with Crippen LogP contribution in [-0.4, -0.2) is 82.9 Å². The van der Waals surface area contributed by atoms with Crippen LogP contribution < -0.4 is 33.7 Å². The largest absolute Gasteiger partial charge is 1.00 e. The molecule has 0 atom stereocenters. The van der Waals surface area contributed by atoms with Crippen molar-refractivity contribution in [2.45, 2.75) is 0 Å². The number of nitrogen functional groups attached to an aromatic ring is 2. The molecule has 0 saturated carbocycles. The van der Waals surface area contributed by atoms with Gasteiger partial charge in [0.25, 0.3) is 0 Å². The molecule has 30 heavy (non-hydrogen) atoms. The van der Waals surface area contributed by atoms with Crippen LogP contribution in [0.15, 0.2) is 48.5 Å². The zero-order chi connectivity index (χ0) is 20.9. The van der Waals surface area contributed by atoms with Gasteiger partial charge < -0.3 is 38.2 Å². The summed E-state index contributed by atoms with van der Waals surface area (Å²) >= 11 is 0. The molecular weight excluding hydrogens is 396 g/mol. The molecule has 2 aromatic rings. The lowest BCUT2D eigenvalue weighted by Crippen LogP contribution is -3.00. The molecule has 6 nitrogen and oxygen atoms in total. The van der Waals surface area contributed by atoms with Crippen LogP contribution in [0.3, 0.4) is 0 Å². The van der Waals surface area contributed by atoms with E-state index in [1.807, 2.05) is 24.3 Å². The number of rotatable bonds is 5. The zero-order valence-electron chi connectivity index (χ0n) is 18.6. The summed E-state index contributed by atoms with van der Waals surface area (Å²) in [5.74, 6) is 0. The molecule has 0 spiro atoms. The number of nitrogens with two attached hydrogens (primary N) is 2. The molecular formula is C23H37ClN6. The van der Waals surface area contributed by atoms with Crippen molar-refractivity contribution in [3.63, 3.8) is 0 Å². The average molecular weight is 433 g/mol. The van der Waals surface area contributed by atoms with E-state index in [0.29, 0.717) is 0 Å². The maximum atomic E-state index is 5.90. The SMILES string of the molecule is C[N+](C)(C)CCN1CCN(c2ccc(N)cc2)CCN(c2ccc(N)cc2)CC1.[Cl-]. The molecule has 7 heteroatoms. The molecule has 0 aromatic heterocycles. The second-order valence-electron chi connectivity index (χ2n) is 9.01. The Hall–Kier alpha value is -2.15. The third kappa shape index (κ3) is 7.27. The van der Waals surface area contributed by atoms with E-state index in [0.717, 1.165) is 68.2 Å². The summed E-state index contributed by atoms with van der Waals surface area (Å²) in [5.41, 5.74) is 15.9. The summed E-state index contributed by atoms with van der Waals surface area (Å²) in [6.07, 6.45) is 0. The molecule has 1 fully saturated rings. The predicted molar refractivity (Wildman–Crippen MR) is 125 cm³/mol. The third-order valence-electron chi connectivity index (χ3n) is 5.62. The summed E-state index contributed by atoms with van der Waals surface area (Å²) in [6.45, 7) is 8.40. The number of anilines is 4. The number of hydrogen-bond acceptors (Lipinski definition) is 5. The smallest absolute Gasteiger partial charge is 0.0909 e. The van der Waals surface area contributed by atoms with E-state index in [2.05, 4.69) is 60.1 Å². The monoisotopic (exact) mass is 432 g/mol. The minimum atomic E-state index is 0. The minimum absolute atomic E-state index is 0. The van der Waals surface area contributed by atoms with Gasteiger partial charge in [-0.15, -0.1) is 0 Å².